The van der Waals surface area contributed by atoms with Crippen molar-refractivity contribution in [2.45, 2.75) is 180 Å². The first-order valence-electron chi connectivity index (χ1n) is 22.7. The average Bonchev–Trinajstić information content (AvgIpc) is 3.23. The number of allylic oxidation sites excluding steroid dienone is 11. The smallest absolute Gasteiger partial charge is 0.462 e. The van der Waals surface area contributed by atoms with Gasteiger partial charge in [-0.25, -0.2) is 9.13 Å². The Morgan fingerprint density at radius 2 is 1.02 bits per heavy atom. The molecule has 5 N–H and O–H groups in total. The molecule has 358 valence electrons. The highest BCUT2D eigenvalue weighted by atomic mass is 31.2. The molecule has 0 radical (unpaired) electrons. The lowest BCUT2D eigenvalue weighted by Crippen LogP contribution is -2.29. The summed E-state index contributed by atoms with van der Waals surface area (Å²) < 4.78 is 47.7. The molecule has 4 atom stereocenters. The van der Waals surface area contributed by atoms with Crippen LogP contribution in [0.4, 0.5) is 0 Å². The summed E-state index contributed by atoms with van der Waals surface area (Å²) in [5.41, 5.74) is 0. The molecule has 0 aromatic heterocycles. The number of carbonyl (C=O) groups excluding carboxylic acids is 2. The lowest BCUT2D eigenvalue weighted by molar-refractivity contribution is -0.161. The van der Waals surface area contributed by atoms with E-state index in [-0.39, 0.29) is 12.8 Å². The van der Waals surface area contributed by atoms with Gasteiger partial charge < -0.3 is 34.4 Å². The van der Waals surface area contributed by atoms with Crippen molar-refractivity contribution in [3.05, 3.63) is 72.9 Å². The molecule has 0 bridgehead atoms. The Kier molecular flexibility index (Phi) is 39.6. The molecule has 0 aromatic carbocycles. The number of ether oxygens (including phenoxy) is 2. The minimum absolute atomic E-state index is 0.0356. The van der Waals surface area contributed by atoms with E-state index in [1.807, 2.05) is 43.4 Å². The predicted molar refractivity (Wildman–Crippen MR) is 245 cm³/mol. The van der Waals surface area contributed by atoms with Crippen LogP contribution < -0.4 is 0 Å². The quantitative estimate of drug-likeness (QED) is 0.0127. The SMILES string of the molecule is CCCCCCCC/C=C\CCCCCCCCCC(=O)OC[C@H](COP(=O)(O)OC[C@@H](O)COP(=O)(O)O)OC(=O)CCC/C=C\C/C=C\C/C=C\C/C=C\C=C\[C@H](O)CC. The third-order valence-corrected chi connectivity index (χ3v) is 10.7. The number of esters is 2. The van der Waals surface area contributed by atoms with Gasteiger partial charge in [0.1, 0.15) is 12.7 Å². The van der Waals surface area contributed by atoms with Crippen LogP contribution in [0.3, 0.4) is 0 Å². The molecule has 0 spiro atoms. The first-order valence-corrected chi connectivity index (χ1v) is 25.8. The maximum atomic E-state index is 12.7. The summed E-state index contributed by atoms with van der Waals surface area (Å²) in [4.78, 5) is 52.7. The summed E-state index contributed by atoms with van der Waals surface area (Å²) in [6.45, 7) is 1.35. The van der Waals surface area contributed by atoms with Crippen LogP contribution in [0.25, 0.3) is 0 Å². The Morgan fingerprint density at radius 3 is 1.61 bits per heavy atom. The number of aliphatic hydroxyl groups excluding tert-OH is 2. The Morgan fingerprint density at radius 1 is 0.532 bits per heavy atom. The lowest BCUT2D eigenvalue weighted by atomic mass is 10.1. The second-order valence-corrected chi connectivity index (χ2v) is 17.8. The number of unbranched alkanes of at least 4 members (excludes halogenated alkanes) is 14. The minimum atomic E-state index is -4.88. The highest BCUT2D eigenvalue weighted by molar-refractivity contribution is 7.47. The van der Waals surface area contributed by atoms with Gasteiger partial charge in [0.2, 0.25) is 0 Å². The fourth-order valence-corrected chi connectivity index (χ4v) is 6.78. The van der Waals surface area contributed by atoms with Gasteiger partial charge in [-0.3, -0.25) is 23.2 Å². The van der Waals surface area contributed by atoms with Crippen LogP contribution in [-0.4, -0.2) is 81.6 Å². The Bertz CT molecular complexity index is 1390. The summed E-state index contributed by atoms with van der Waals surface area (Å²) in [5, 5.41) is 19.2. The third kappa shape index (κ3) is 44.1. The molecule has 16 heteroatoms. The summed E-state index contributed by atoms with van der Waals surface area (Å²) in [6, 6.07) is 0. The van der Waals surface area contributed by atoms with Gasteiger partial charge in [0, 0.05) is 12.8 Å². The van der Waals surface area contributed by atoms with Gasteiger partial charge >= 0.3 is 27.6 Å². The van der Waals surface area contributed by atoms with Crippen molar-refractivity contribution >= 4 is 27.6 Å². The monoisotopic (exact) mass is 919 g/mol. The number of phosphoric acid groups is 2. The Hall–Kier alpha value is -2.48. The van der Waals surface area contributed by atoms with Gasteiger partial charge in [0.25, 0.3) is 0 Å². The van der Waals surface area contributed by atoms with Crippen LogP contribution in [0.2, 0.25) is 0 Å². The number of hydrogen-bond acceptors (Lipinski definition) is 11. The van der Waals surface area contributed by atoms with Crippen LogP contribution >= 0.6 is 15.6 Å². The van der Waals surface area contributed by atoms with Crippen LogP contribution in [0.15, 0.2) is 72.9 Å². The van der Waals surface area contributed by atoms with E-state index in [2.05, 4.69) is 46.4 Å². The molecule has 0 saturated carbocycles. The molecular weight excluding hydrogens is 838 g/mol. The topological polar surface area (TPSA) is 216 Å². The highest BCUT2D eigenvalue weighted by Crippen LogP contribution is 2.43. The zero-order chi connectivity index (χ0) is 46.0. The number of rotatable bonds is 42. The van der Waals surface area contributed by atoms with Crippen molar-refractivity contribution in [3.63, 3.8) is 0 Å². The highest BCUT2D eigenvalue weighted by Gasteiger charge is 2.28. The van der Waals surface area contributed by atoms with Gasteiger partial charge in [0.05, 0.1) is 25.9 Å². The second kappa shape index (κ2) is 41.2. The fourth-order valence-electron chi connectivity index (χ4n) is 5.62. The Labute approximate surface area is 372 Å². The van der Waals surface area contributed by atoms with E-state index >= 15 is 0 Å². The number of hydrogen-bond donors (Lipinski definition) is 5. The van der Waals surface area contributed by atoms with Crippen molar-refractivity contribution in [1.29, 1.82) is 0 Å². The van der Waals surface area contributed by atoms with E-state index in [0.29, 0.717) is 25.7 Å². The van der Waals surface area contributed by atoms with Gasteiger partial charge in [-0.2, -0.15) is 0 Å². The lowest BCUT2D eigenvalue weighted by Gasteiger charge is -2.20. The maximum absolute atomic E-state index is 12.7. The van der Waals surface area contributed by atoms with Crippen LogP contribution in [0.5, 0.6) is 0 Å². The maximum Gasteiger partial charge on any atom is 0.472 e. The molecule has 0 heterocycles. The zero-order valence-corrected chi connectivity index (χ0v) is 39.3. The van der Waals surface area contributed by atoms with E-state index in [4.69, 9.17) is 23.8 Å². The van der Waals surface area contributed by atoms with Gasteiger partial charge in [-0.15, -0.1) is 0 Å². The van der Waals surface area contributed by atoms with Crippen LogP contribution in [0.1, 0.15) is 162 Å². The standard InChI is InChI=1S/C46H80O14P2/c1-3-5-6-7-8-9-10-11-12-13-14-18-21-24-27-30-33-36-45(49)56-40-44(41-59-62(54,55)58-39-43(48)38-57-61(51,52)53)60-46(50)37-34-31-28-25-22-19-16-15-17-20-23-26-29-32-35-42(47)4-2/h11-12,16-17,19-20,25-26,28-29,32,35,42-44,47-48H,3-10,13-15,18,21-24,27,30-31,33-34,36-41H2,1-2H3,(H,54,55)(H2,51,52,53)/b12-11-,19-16-,20-17-,28-25-,29-26-,35-32+/t42-,43+,44-/m1/s1. The van der Waals surface area contributed by atoms with Crippen molar-refractivity contribution in [1.82, 2.24) is 0 Å². The summed E-state index contributed by atoms with van der Waals surface area (Å²) in [6.07, 6.45) is 42.7. The summed E-state index contributed by atoms with van der Waals surface area (Å²) in [5.74, 6) is -1.13. The first-order chi connectivity index (χ1) is 29.8. The molecule has 0 aliphatic rings. The van der Waals surface area contributed by atoms with Gasteiger partial charge in [-0.1, -0.05) is 151 Å². The van der Waals surface area contributed by atoms with E-state index in [1.165, 1.54) is 57.8 Å². The largest absolute Gasteiger partial charge is 0.472 e. The van der Waals surface area contributed by atoms with E-state index in [9.17, 15) is 33.8 Å². The summed E-state index contributed by atoms with van der Waals surface area (Å²) >= 11 is 0. The fraction of sp³-hybridized carbons (Fsp3) is 0.696. The zero-order valence-electron chi connectivity index (χ0n) is 37.6. The minimum Gasteiger partial charge on any atom is -0.462 e. The molecule has 0 aliphatic heterocycles. The van der Waals surface area contributed by atoms with Crippen molar-refractivity contribution in [2.75, 3.05) is 26.4 Å². The third-order valence-electron chi connectivity index (χ3n) is 9.23. The first kappa shape index (κ1) is 59.5. The van der Waals surface area contributed by atoms with Crippen molar-refractivity contribution in [2.24, 2.45) is 0 Å². The van der Waals surface area contributed by atoms with Gasteiger partial charge in [0.15, 0.2) is 6.10 Å². The molecule has 0 aliphatic carbocycles. The summed E-state index contributed by atoms with van der Waals surface area (Å²) in [7, 11) is -9.71. The molecule has 0 aromatic rings. The Balaban J connectivity index is 4.61. The van der Waals surface area contributed by atoms with Crippen molar-refractivity contribution in [3.8, 4) is 0 Å². The number of aliphatic hydroxyl groups is 2. The molecule has 1 unspecified atom stereocenters. The normalized spacial score (nSPS) is 15.1. The molecule has 0 saturated heterocycles. The van der Waals surface area contributed by atoms with Crippen LogP contribution in [0, 0.1) is 0 Å². The van der Waals surface area contributed by atoms with Crippen molar-refractivity contribution < 1.29 is 66.7 Å². The van der Waals surface area contributed by atoms with E-state index in [0.717, 1.165) is 51.4 Å². The average molecular weight is 919 g/mol. The van der Waals surface area contributed by atoms with E-state index < -0.39 is 72.3 Å². The molecule has 0 fully saturated rings. The van der Waals surface area contributed by atoms with Crippen LogP contribution in [-0.2, 0) is 41.8 Å². The van der Waals surface area contributed by atoms with Gasteiger partial charge in [-0.05, 0) is 70.6 Å². The van der Waals surface area contributed by atoms with E-state index in [1.54, 1.807) is 6.08 Å². The second-order valence-electron chi connectivity index (χ2n) is 15.1. The molecular formula is C46H80O14P2. The number of phosphoric ester groups is 2. The predicted octanol–water partition coefficient (Wildman–Crippen LogP) is 10.8. The molecule has 0 rings (SSSR count). The molecule has 0 amide bonds. The molecule has 62 heavy (non-hydrogen) atoms. The molecule has 14 nitrogen and oxygen atoms in total. The number of carbonyl (C=O) groups is 2.